The van der Waals surface area contributed by atoms with E-state index in [9.17, 15) is 45.6 Å². The largest absolute Gasteiger partial charge is 0.447 e. The molecule has 1 unspecified atom stereocenters. The van der Waals surface area contributed by atoms with Crippen molar-refractivity contribution in [1.82, 2.24) is 40.1 Å². The van der Waals surface area contributed by atoms with E-state index in [2.05, 4.69) is 20.5 Å². The number of amides is 3. The Bertz CT molecular complexity index is 2620. The van der Waals surface area contributed by atoms with E-state index in [1.54, 1.807) is 37.3 Å². The minimum atomic E-state index is -4.83. The summed E-state index contributed by atoms with van der Waals surface area (Å²) in [5.41, 5.74) is -3.33. The van der Waals surface area contributed by atoms with Gasteiger partial charge in [0.15, 0.2) is 11.4 Å². The molecular weight excluding hydrogens is 893 g/mol. The highest BCUT2D eigenvalue weighted by atomic mass is 35.5. The second-order valence-electron chi connectivity index (χ2n) is 15.3. The Balaban J connectivity index is 1.35. The average molecular weight is 929 g/mol. The van der Waals surface area contributed by atoms with E-state index in [0.29, 0.717) is 21.4 Å². The molecule has 15 nitrogen and oxygen atoms in total. The molecule has 2 aliphatic rings. The predicted molar refractivity (Wildman–Crippen MR) is 215 cm³/mol. The molecule has 2 aromatic heterocycles. The van der Waals surface area contributed by atoms with Crippen LogP contribution in [0.25, 0.3) is 16.8 Å². The second-order valence-corrected chi connectivity index (χ2v) is 15.7. The average Bonchev–Trinajstić information content (AvgIpc) is 3.55. The summed E-state index contributed by atoms with van der Waals surface area (Å²) in [5, 5.41) is 21.4. The van der Waals surface area contributed by atoms with Crippen molar-refractivity contribution in [3.05, 3.63) is 119 Å². The van der Waals surface area contributed by atoms with Crippen molar-refractivity contribution in [3.63, 3.8) is 0 Å². The molecule has 5 aromatic rings. The summed E-state index contributed by atoms with van der Waals surface area (Å²) < 4.78 is 109. The van der Waals surface area contributed by atoms with Crippen LogP contribution in [0.15, 0.2) is 96.5 Å². The number of hydrogen-bond acceptors (Lipinski definition) is 10. The molecule has 0 radical (unpaired) electrons. The summed E-state index contributed by atoms with van der Waals surface area (Å²) in [5.74, 6) is -2.82. The second kappa shape index (κ2) is 18.6. The van der Waals surface area contributed by atoms with Crippen molar-refractivity contribution in [2.24, 2.45) is 10.9 Å². The van der Waals surface area contributed by atoms with E-state index < -0.39 is 91.5 Å². The minimum Gasteiger partial charge on any atom is -0.447 e. The lowest BCUT2D eigenvalue weighted by Crippen LogP contribution is -2.51. The van der Waals surface area contributed by atoms with Gasteiger partial charge in [-0.05, 0) is 59.6 Å². The van der Waals surface area contributed by atoms with Crippen molar-refractivity contribution in [2.75, 3.05) is 6.61 Å². The first-order valence-electron chi connectivity index (χ1n) is 19.7. The monoisotopic (exact) mass is 928 g/mol. The van der Waals surface area contributed by atoms with Crippen LogP contribution < -0.4 is 10.6 Å². The van der Waals surface area contributed by atoms with Gasteiger partial charge in [0.25, 0.3) is 12.3 Å². The standard InChI is InChI=1S/C42H36ClF7N10O5/c1-24(13-16-51)18-41(29-10-7-26(8-11-29)28-19-53-58(20-28)36(46)47)35(61)59(37(56-41)55-38(62)64-21-25-5-3-2-4-6-25)32(22-65-39(63)57-40(14-15-40)42(48,49)50)27-9-12-30(43)31(17-27)60-34(33(44)45)52-23-54-60/h2-12,17,19-20,23-24,32-33,36H,13-15,18,21-22H2,1H3,(H,57,63)(H,55,56,62)/t24?,32-,41-/m1/s1. The third-order valence-electron chi connectivity index (χ3n) is 10.8. The number of benzene rings is 3. The normalized spacial score (nSPS) is 17.7. The molecule has 1 aliphatic carbocycles. The molecule has 1 aliphatic heterocycles. The molecule has 1 fully saturated rings. The van der Waals surface area contributed by atoms with E-state index in [0.717, 1.165) is 22.1 Å². The molecule has 3 atom stereocenters. The molecule has 23 heteroatoms. The number of aliphatic imine (C=N–C) groups is 1. The van der Waals surface area contributed by atoms with Gasteiger partial charge in [0.1, 0.15) is 25.1 Å². The van der Waals surface area contributed by atoms with E-state index >= 15 is 4.79 Å². The van der Waals surface area contributed by atoms with Crippen LogP contribution in [-0.2, 0) is 26.4 Å². The fourth-order valence-corrected chi connectivity index (χ4v) is 7.50. The van der Waals surface area contributed by atoms with Gasteiger partial charge in [0.05, 0.1) is 29.0 Å². The first kappa shape index (κ1) is 46.0. The zero-order valence-corrected chi connectivity index (χ0v) is 34.6. The number of ether oxygens (including phenoxy) is 2. The molecule has 2 N–H and O–H groups in total. The molecule has 3 heterocycles. The first-order chi connectivity index (χ1) is 30.9. The van der Waals surface area contributed by atoms with Crippen LogP contribution in [0, 0.1) is 17.2 Å². The number of nitriles is 1. The Kier molecular flexibility index (Phi) is 13.2. The van der Waals surface area contributed by atoms with Gasteiger partial charge in [-0.25, -0.2) is 37.7 Å². The molecule has 0 spiro atoms. The molecule has 340 valence electrons. The van der Waals surface area contributed by atoms with Crippen LogP contribution in [0.4, 0.5) is 40.3 Å². The molecule has 0 bridgehead atoms. The van der Waals surface area contributed by atoms with Crippen LogP contribution >= 0.6 is 11.6 Å². The van der Waals surface area contributed by atoms with Gasteiger partial charge >= 0.3 is 24.9 Å². The Hall–Kier alpha value is -7.02. The SMILES string of the molecule is CC(CC#N)C[C@]1(c2ccc(-c3cnn(C(F)F)c3)cc2)N=C(NC(=O)OCc2ccccc2)N([C@H](COC(=O)NC2(C(F)(F)F)CC2)c2ccc(Cl)c(-n3ncnc3C(F)F)c2)C1=O. The van der Waals surface area contributed by atoms with E-state index in [1.807, 2.05) is 11.4 Å². The third kappa shape index (κ3) is 9.74. The van der Waals surface area contributed by atoms with Crippen molar-refractivity contribution in [3.8, 4) is 22.9 Å². The van der Waals surface area contributed by atoms with Crippen LogP contribution in [0.3, 0.4) is 0 Å². The molecule has 65 heavy (non-hydrogen) atoms. The van der Waals surface area contributed by atoms with E-state index in [1.165, 1.54) is 48.7 Å². The van der Waals surface area contributed by atoms with Crippen molar-refractivity contribution < 1.29 is 54.6 Å². The fourth-order valence-electron chi connectivity index (χ4n) is 7.30. The van der Waals surface area contributed by atoms with Gasteiger partial charge in [-0.1, -0.05) is 79.2 Å². The third-order valence-corrected chi connectivity index (χ3v) is 11.1. The summed E-state index contributed by atoms with van der Waals surface area (Å²) in [6.45, 7) is -2.44. The topological polar surface area (TPSA) is 182 Å². The smallest absolute Gasteiger partial charge is 0.414 e. The Morgan fingerprint density at radius 1 is 0.969 bits per heavy atom. The van der Waals surface area contributed by atoms with E-state index in [-0.39, 0.29) is 41.3 Å². The number of alkyl halides is 7. The van der Waals surface area contributed by atoms with Gasteiger partial charge in [-0.2, -0.15) is 37.4 Å². The summed E-state index contributed by atoms with van der Waals surface area (Å²) in [6.07, 6.45) is -8.59. The summed E-state index contributed by atoms with van der Waals surface area (Å²) in [7, 11) is 0. The highest BCUT2D eigenvalue weighted by Gasteiger charge is 2.64. The van der Waals surface area contributed by atoms with Crippen molar-refractivity contribution in [2.45, 2.75) is 75.5 Å². The number of alkyl carbamates (subject to hydrolysis) is 2. The first-order valence-corrected chi connectivity index (χ1v) is 20.0. The molecule has 0 saturated heterocycles. The minimum absolute atomic E-state index is 0.0300. The number of nitrogens with one attached hydrogen (secondary N) is 2. The van der Waals surface area contributed by atoms with Gasteiger partial charge in [-0.3, -0.25) is 15.0 Å². The van der Waals surface area contributed by atoms with Crippen LogP contribution in [0.1, 0.15) is 74.1 Å². The van der Waals surface area contributed by atoms with Crippen LogP contribution in [0.5, 0.6) is 0 Å². The highest BCUT2D eigenvalue weighted by molar-refractivity contribution is 6.32. The van der Waals surface area contributed by atoms with Crippen molar-refractivity contribution >= 4 is 35.7 Å². The number of nitrogens with zero attached hydrogens (tertiary/aromatic N) is 8. The lowest BCUT2D eigenvalue weighted by Gasteiger charge is -2.33. The zero-order chi connectivity index (χ0) is 46.7. The van der Waals surface area contributed by atoms with Crippen molar-refractivity contribution in [1.29, 1.82) is 5.26 Å². The quantitative estimate of drug-likeness (QED) is 0.0969. The van der Waals surface area contributed by atoms with Gasteiger partial charge < -0.3 is 14.8 Å². The Morgan fingerprint density at radius 3 is 2.32 bits per heavy atom. The summed E-state index contributed by atoms with van der Waals surface area (Å²) in [4.78, 5) is 51.6. The van der Waals surface area contributed by atoms with Gasteiger partial charge in [-0.15, -0.1) is 0 Å². The fraction of sp³-hybridized carbons (Fsp3) is 0.333. The number of guanidine groups is 1. The number of halogens is 8. The Labute approximate surface area is 369 Å². The number of aromatic nitrogens is 5. The summed E-state index contributed by atoms with van der Waals surface area (Å²) >= 11 is 6.49. The van der Waals surface area contributed by atoms with Crippen LogP contribution in [-0.4, -0.2) is 71.8 Å². The summed E-state index contributed by atoms with van der Waals surface area (Å²) in [6, 6.07) is 18.7. The van der Waals surface area contributed by atoms with E-state index in [4.69, 9.17) is 26.1 Å². The molecule has 3 amide bonds. The molecular formula is C42H36ClF7N10O5. The lowest BCUT2D eigenvalue weighted by atomic mass is 9.80. The van der Waals surface area contributed by atoms with Gasteiger partial charge in [0, 0.05) is 18.2 Å². The van der Waals surface area contributed by atoms with Gasteiger partial charge in [0.2, 0.25) is 5.96 Å². The lowest BCUT2D eigenvalue weighted by molar-refractivity contribution is -0.164. The van der Waals surface area contributed by atoms with Crippen LogP contribution in [0.2, 0.25) is 5.02 Å². The number of carbonyl (C=O) groups is 3. The number of rotatable bonds is 15. The number of hydrogen-bond donors (Lipinski definition) is 2. The molecule has 7 rings (SSSR count). The molecule has 3 aromatic carbocycles. The Morgan fingerprint density at radius 2 is 1.69 bits per heavy atom. The maximum absolute atomic E-state index is 15.5. The highest BCUT2D eigenvalue weighted by Crippen LogP contribution is 2.49. The maximum Gasteiger partial charge on any atom is 0.414 e. The molecule has 1 saturated carbocycles. The number of carbonyl (C=O) groups excluding carboxylic acids is 3. The predicted octanol–water partition coefficient (Wildman–Crippen LogP) is 8.94. The maximum atomic E-state index is 15.5. The zero-order valence-electron chi connectivity index (χ0n) is 33.9.